The number of nitrogens with zero attached hydrogens (tertiary/aromatic N) is 1. The van der Waals surface area contributed by atoms with Crippen LogP contribution in [0.1, 0.15) is 37.2 Å². The van der Waals surface area contributed by atoms with Crippen LogP contribution in [0.2, 0.25) is 0 Å². The van der Waals surface area contributed by atoms with Crippen molar-refractivity contribution in [1.29, 1.82) is 0 Å². The summed E-state index contributed by atoms with van der Waals surface area (Å²) in [5.74, 6) is -0.701. The van der Waals surface area contributed by atoms with Gasteiger partial charge in [0.15, 0.2) is 0 Å². The fourth-order valence-electron chi connectivity index (χ4n) is 1.74. The summed E-state index contributed by atoms with van der Waals surface area (Å²) >= 11 is 0. The van der Waals surface area contributed by atoms with E-state index in [0.29, 0.717) is 12.8 Å². The number of hydrogen-bond donors (Lipinski definition) is 3. The van der Waals surface area contributed by atoms with Gasteiger partial charge in [-0.15, -0.1) is 0 Å². The second-order valence-corrected chi connectivity index (χ2v) is 6.56. The zero-order chi connectivity index (χ0) is 15.6. The molecule has 0 atom stereocenters. The fourth-order valence-corrected chi connectivity index (χ4v) is 2.93. The summed E-state index contributed by atoms with van der Waals surface area (Å²) in [7, 11) is -2.25. The molecule has 0 unspecified atom stereocenters. The summed E-state index contributed by atoms with van der Waals surface area (Å²) < 4.78 is 27.9. The van der Waals surface area contributed by atoms with Gasteiger partial charge in [-0.2, -0.15) is 0 Å². The molecule has 1 aromatic rings. The van der Waals surface area contributed by atoms with E-state index in [1.54, 1.807) is 13.8 Å². The van der Waals surface area contributed by atoms with Crippen LogP contribution >= 0.6 is 0 Å². The van der Waals surface area contributed by atoms with Crippen molar-refractivity contribution in [2.24, 2.45) is 12.8 Å². The lowest BCUT2D eigenvalue weighted by atomic mass is 9.98. The van der Waals surface area contributed by atoms with Gasteiger partial charge < -0.3 is 15.4 Å². The van der Waals surface area contributed by atoms with Crippen molar-refractivity contribution >= 4 is 15.9 Å². The standard InChI is InChI=1S/C12H21N3O4S/c1-4-12(17,5-2)8-14-20(18,19)9-6-10(11(13)16)15(3)7-9/h6-7,14,17H,4-5,8H2,1-3H3,(H2,13,16). The van der Waals surface area contributed by atoms with Crippen molar-refractivity contribution in [3.8, 4) is 0 Å². The van der Waals surface area contributed by atoms with Gasteiger partial charge >= 0.3 is 0 Å². The molecule has 20 heavy (non-hydrogen) atoms. The largest absolute Gasteiger partial charge is 0.389 e. The molecule has 0 aliphatic heterocycles. The molecule has 7 nitrogen and oxygen atoms in total. The van der Waals surface area contributed by atoms with Gasteiger partial charge in [0.2, 0.25) is 10.0 Å². The van der Waals surface area contributed by atoms with Gasteiger partial charge in [0.1, 0.15) is 10.6 Å². The van der Waals surface area contributed by atoms with Crippen molar-refractivity contribution in [2.45, 2.75) is 37.2 Å². The Bertz CT molecular complexity index is 588. The highest BCUT2D eigenvalue weighted by molar-refractivity contribution is 7.89. The maximum atomic E-state index is 12.1. The van der Waals surface area contributed by atoms with Crippen LogP contribution in [0.4, 0.5) is 0 Å². The number of sulfonamides is 1. The van der Waals surface area contributed by atoms with Gasteiger partial charge in [-0.1, -0.05) is 13.8 Å². The number of carbonyl (C=O) groups is 1. The van der Waals surface area contributed by atoms with Crippen LogP contribution in [-0.4, -0.2) is 36.1 Å². The molecule has 0 aromatic carbocycles. The van der Waals surface area contributed by atoms with Gasteiger partial charge in [0.25, 0.3) is 5.91 Å². The quantitative estimate of drug-likeness (QED) is 0.655. The van der Waals surface area contributed by atoms with Gasteiger partial charge in [0, 0.05) is 19.8 Å². The molecule has 0 spiro atoms. The minimum Gasteiger partial charge on any atom is -0.389 e. The number of amides is 1. The second-order valence-electron chi connectivity index (χ2n) is 4.79. The second kappa shape index (κ2) is 5.94. The Morgan fingerprint density at radius 3 is 2.40 bits per heavy atom. The van der Waals surface area contributed by atoms with Crippen LogP contribution < -0.4 is 10.5 Å². The summed E-state index contributed by atoms with van der Waals surface area (Å²) in [6.07, 6.45) is 2.18. The van der Waals surface area contributed by atoms with Gasteiger partial charge in [0.05, 0.1) is 5.60 Å². The summed E-state index contributed by atoms with van der Waals surface area (Å²) in [6, 6.07) is 1.21. The Kier molecular flexibility index (Phi) is 4.95. The van der Waals surface area contributed by atoms with Crippen molar-refractivity contribution in [3.63, 3.8) is 0 Å². The molecule has 8 heteroatoms. The molecule has 0 saturated heterocycles. The van der Waals surface area contributed by atoms with Crippen molar-refractivity contribution < 1.29 is 18.3 Å². The molecule has 1 heterocycles. The third kappa shape index (κ3) is 3.59. The van der Waals surface area contributed by atoms with E-state index in [1.165, 1.54) is 23.9 Å². The number of carbonyl (C=O) groups excluding carboxylic acids is 1. The van der Waals surface area contributed by atoms with E-state index >= 15 is 0 Å². The first kappa shape index (κ1) is 16.7. The number of aliphatic hydroxyl groups is 1. The van der Waals surface area contributed by atoms with Crippen molar-refractivity contribution in [2.75, 3.05) is 6.54 Å². The molecule has 0 saturated carbocycles. The van der Waals surface area contributed by atoms with Gasteiger partial charge in [-0.3, -0.25) is 4.79 Å². The molecular weight excluding hydrogens is 282 g/mol. The Balaban J connectivity index is 2.95. The number of aromatic nitrogens is 1. The van der Waals surface area contributed by atoms with Gasteiger partial charge in [-0.05, 0) is 18.9 Å². The molecule has 0 fully saturated rings. The minimum absolute atomic E-state index is 0.0524. The van der Waals surface area contributed by atoms with Gasteiger partial charge in [-0.25, -0.2) is 13.1 Å². The van der Waals surface area contributed by atoms with Crippen LogP contribution in [0.3, 0.4) is 0 Å². The number of primary amides is 1. The number of hydrogen-bond acceptors (Lipinski definition) is 4. The third-order valence-electron chi connectivity index (χ3n) is 3.45. The lowest BCUT2D eigenvalue weighted by Crippen LogP contribution is -2.41. The van der Waals surface area contributed by atoms with Crippen LogP contribution in [0, 0.1) is 0 Å². The van der Waals surface area contributed by atoms with E-state index in [2.05, 4.69) is 4.72 Å². The van der Waals surface area contributed by atoms with E-state index in [9.17, 15) is 18.3 Å². The van der Waals surface area contributed by atoms with Crippen LogP contribution in [-0.2, 0) is 17.1 Å². The van der Waals surface area contributed by atoms with Crippen LogP contribution in [0.5, 0.6) is 0 Å². The highest BCUT2D eigenvalue weighted by Crippen LogP contribution is 2.17. The summed E-state index contributed by atoms with van der Waals surface area (Å²) in [6.45, 7) is 3.49. The maximum absolute atomic E-state index is 12.1. The normalized spacial score (nSPS) is 12.6. The van der Waals surface area contributed by atoms with E-state index in [4.69, 9.17) is 5.73 Å². The lowest BCUT2D eigenvalue weighted by Gasteiger charge is -2.25. The van der Waals surface area contributed by atoms with E-state index < -0.39 is 21.5 Å². The molecule has 1 rings (SSSR count). The van der Waals surface area contributed by atoms with Crippen LogP contribution in [0.15, 0.2) is 17.2 Å². The predicted octanol–water partition coefficient (Wildman–Crippen LogP) is -0.0466. The first-order chi connectivity index (χ1) is 9.15. The highest BCUT2D eigenvalue weighted by Gasteiger charge is 2.26. The molecular formula is C12H21N3O4S. The molecule has 4 N–H and O–H groups in total. The number of rotatable bonds is 7. The summed E-state index contributed by atoms with van der Waals surface area (Å²) in [5, 5.41) is 10.1. The zero-order valence-corrected chi connectivity index (χ0v) is 12.7. The van der Waals surface area contributed by atoms with Crippen LogP contribution in [0.25, 0.3) is 0 Å². The molecule has 1 aromatic heterocycles. The highest BCUT2D eigenvalue weighted by atomic mass is 32.2. The summed E-state index contributed by atoms with van der Waals surface area (Å²) in [5.41, 5.74) is 4.17. The number of nitrogens with one attached hydrogen (secondary N) is 1. The average molecular weight is 303 g/mol. The monoisotopic (exact) mass is 303 g/mol. The smallest absolute Gasteiger partial charge is 0.265 e. The number of nitrogens with two attached hydrogens (primary N) is 1. The Hall–Kier alpha value is -1.38. The van der Waals surface area contributed by atoms with Crippen molar-refractivity contribution in [3.05, 3.63) is 18.0 Å². The van der Waals surface area contributed by atoms with E-state index in [0.717, 1.165) is 0 Å². The molecule has 114 valence electrons. The molecule has 0 bridgehead atoms. The topological polar surface area (TPSA) is 114 Å². The first-order valence-electron chi connectivity index (χ1n) is 6.33. The lowest BCUT2D eigenvalue weighted by molar-refractivity contribution is 0.0377. The first-order valence-corrected chi connectivity index (χ1v) is 7.81. The zero-order valence-electron chi connectivity index (χ0n) is 11.9. The number of aryl methyl sites for hydroxylation is 1. The Labute approximate surface area is 118 Å². The fraction of sp³-hybridized carbons (Fsp3) is 0.583. The third-order valence-corrected chi connectivity index (χ3v) is 4.82. The van der Waals surface area contributed by atoms with E-state index in [-0.39, 0.29) is 17.1 Å². The minimum atomic E-state index is -3.79. The average Bonchev–Trinajstić information content (AvgIpc) is 2.79. The Morgan fingerprint density at radius 2 is 2.00 bits per heavy atom. The molecule has 0 radical (unpaired) electrons. The summed E-state index contributed by atoms with van der Waals surface area (Å²) in [4.78, 5) is 11.1. The predicted molar refractivity (Wildman–Crippen MR) is 74.7 cm³/mol. The maximum Gasteiger partial charge on any atom is 0.265 e. The van der Waals surface area contributed by atoms with E-state index in [1.807, 2.05) is 0 Å². The molecule has 1 amide bonds. The Morgan fingerprint density at radius 1 is 1.45 bits per heavy atom. The van der Waals surface area contributed by atoms with Crippen molar-refractivity contribution in [1.82, 2.24) is 9.29 Å². The molecule has 0 aliphatic carbocycles. The SMILES string of the molecule is CCC(O)(CC)CNS(=O)(=O)c1cc(C(N)=O)n(C)c1. The molecule has 0 aliphatic rings.